The largest absolute Gasteiger partial charge is 0.481 e. The van der Waals surface area contributed by atoms with Gasteiger partial charge in [-0.3, -0.25) is 14.4 Å². The molecule has 0 radical (unpaired) electrons. The molecule has 33 heavy (non-hydrogen) atoms. The molecule has 0 unspecified atom stereocenters. The standard InChI is InChI=1S/C23H25NO8S/c1-13(25)29-19-12-33-23(21(31-15(3)27)20(19)30-14(2)26)32-17-8-5-7-16(11-17)18-9-6-10-24-22(18)28-4/h5-11,19-21,23H,12H2,1-4H3/t19-,20+,21-,23-/m1/s1. The van der Waals surface area contributed by atoms with Crippen LogP contribution in [0.15, 0.2) is 42.6 Å². The number of benzene rings is 1. The van der Waals surface area contributed by atoms with Gasteiger partial charge in [0, 0.05) is 38.3 Å². The van der Waals surface area contributed by atoms with Crippen molar-refractivity contribution >= 4 is 29.7 Å². The van der Waals surface area contributed by atoms with E-state index in [0.29, 0.717) is 11.6 Å². The highest BCUT2D eigenvalue weighted by Crippen LogP contribution is 2.36. The lowest BCUT2D eigenvalue weighted by atomic mass is 10.1. The third kappa shape index (κ3) is 6.38. The lowest BCUT2D eigenvalue weighted by Crippen LogP contribution is -2.55. The molecule has 1 aromatic carbocycles. The van der Waals surface area contributed by atoms with E-state index in [1.54, 1.807) is 25.4 Å². The molecule has 0 amide bonds. The van der Waals surface area contributed by atoms with Crippen LogP contribution in [0.4, 0.5) is 0 Å². The van der Waals surface area contributed by atoms with E-state index in [9.17, 15) is 14.4 Å². The first-order valence-electron chi connectivity index (χ1n) is 10.2. The van der Waals surface area contributed by atoms with Gasteiger partial charge in [0.1, 0.15) is 5.75 Å². The minimum Gasteiger partial charge on any atom is -0.481 e. The zero-order valence-electron chi connectivity index (χ0n) is 18.7. The fourth-order valence-electron chi connectivity index (χ4n) is 3.45. The van der Waals surface area contributed by atoms with Gasteiger partial charge in [-0.15, -0.1) is 11.8 Å². The average molecular weight is 476 g/mol. The predicted octanol–water partition coefficient (Wildman–Crippen LogP) is 3.00. The summed E-state index contributed by atoms with van der Waals surface area (Å²) in [5.74, 6) is -0.443. The summed E-state index contributed by atoms with van der Waals surface area (Å²) in [5.41, 5.74) is 0.888. The molecule has 0 bridgehead atoms. The molecule has 1 fully saturated rings. The van der Waals surface area contributed by atoms with Gasteiger partial charge in [0.05, 0.1) is 7.11 Å². The molecule has 176 valence electrons. The molecule has 1 aromatic heterocycles. The van der Waals surface area contributed by atoms with Gasteiger partial charge < -0.3 is 23.7 Å². The minimum atomic E-state index is -1.01. The highest BCUT2D eigenvalue weighted by molar-refractivity contribution is 7.99. The molecule has 9 nitrogen and oxygen atoms in total. The first kappa shape index (κ1) is 24.4. The van der Waals surface area contributed by atoms with Crippen LogP contribution in [0.1, 0.15) is 20.8 Å². The first-order chi connectivity index (χ1) is 15.8. The highest BCUT2D eigenvalue weighted by Gasteiger charge is 2.47. The molecule has 0 aliphatic carbocycles. The fourth-order valence-corrected chi connectivity index (χ4v) is 4.67. The van der Waals surface area contributed by atoms with Gasteiger partial charge in [0.15, 0.2) is 23.7 Å². The number of hydrogen-bond donors (Lipinski definition) is 0. The van der Waals surface area contributed by atoms with Crippen LogP contribution in [0.5, 0.6) is 11.6 Å². The first-order valence-corrected chi connectivity index (χ1v) is 11.2. The number of hydrogen-bond acceptors (Lipinski definition) is 10. The fraction of sp³-hybridized carbons (Fsp3) is 0.391. The maximum absolute atomic E-state index is 11.8. The van der Waals surface area contributed by atoms with Crippen LogP contribution >= 0.6 is 11.8 Å². The molecule has 4 atom stereocenters. The third-order valence-electron chi connectivity index (χ3n) is 4.67. The summed E-state index contributed by atoms with van der Waals surface area (Å²) in [5, 5.41) is 0. The van der Waals surface area contributed by atoms with Gasteiger partial charge in [0.2, 0.25) is 5.88 Å². The van der Waals surface area contributed by atoms with E-state index < -0.39 is 41.7 Å². The Balaban J connectivity index is 1.89. The van der Waals surface area contributed by atoms with Gasteiger partial charge in [-0.2, -0.15) is 0 Å². The zero-order valence-corrected chi connectivity index (χ0v) is 19.5. The number of aromatic nitrogens is 1. The van der Waals surface area contributed by atoms with Gasteiger partial charge in [-0.1, -0.05) is 12.1 Å². The van der Waals surface area contributed by atoms with E-state index >= 15 is 0 Å². The quantitative estimate of drug-likeness (QED) is 0.438. The van der Waals surface area contributed by atoms with E-state index in [2.05, 4.69) is 4.98 Å². The molecule has 0 spiro atoms. The second-order valence-electron chi connectivity index (χ2n) is 7.20. The Hall–Kier alpha value is -3.27. The van der Waals surface area contributed by atoms with Crippen molar-refractivity contribution in [2.24, 2.45) is 0 Å². The van der Waals surface area contributed by atoms with Gasteiger partial charge in [-0.25, -0.2) is 4.98 Å². The summed E-state index contributed by atoms with van der Waals surface area (Å²) < 4.78 is 27.7. The summed E-state index contributed by atoms with van der Waals surface area (Å²) in [6.07, 6.45) is -1.15. The van der Waals surface area contributed by atoms with Crippen molar-refractivity contribution in [3.05, 3.63) is 42.6 Å². The second-order valence-corrected chi connectivity index (χ2v) is 8.33. The number of thioether (sulfide) groups is 1. The van der Waals surface area contributed by atoms with Crippen molar-refractivity contribution in [2.75, 3.05) is 12.9 Å². The van der Waals surface area contributed by atoms with E-state index in [0.717, 1.165) is 11.1 Å². The molecule has 10 heteroatoms. The summed E-state index contributed by atoms with van der Waals surface area (Å²) in [7, 11) is 1.54. The molecule has 2 aromatic rings. The molecule has 3 rings (SSSR count). The number of nitrogens with zero attached hydrogens (tertiary/aromatic N) is 1. The number of pyridine rings is 1. The molecular weight excluding hydrogens is 450 g/mol. The average Bonchev–Trinajstić information content (AvgIpc) is 2.77. The molecule has 1 aliphatic rings. The van der Waals surface area contributed by atoms with Crippen molar-refractivity contribution in [3.63, 3.8) is 0 Å². The number of rotatable bonds is 7. The Bertz CT molecular complexity index is 1010. The van der Waals surface area contributed by atoms with Crippen LogP contribution in [-0.4, -0.2) is 59.5 Å². The summed E-state index contributed by atoms with van der Waals surface area (Å²) in [6, 6.07) is 11.0. The Morgan fingerprint density at radius 3 is 2.30 bits per heavy atom. The van der Waals surface area contributed by atoms with Crippen molar-refractivity contribution in [3.8, 4) is 22.8 Å². The minimum absolute atomic E-state index is 0.288. The maximum Gasteiger partial charge on any atom is 0.303 e. The van der Waals surface area contributed by atoms with Crippen molar-refractivity contribution in [2.45, 2.75) is 44.5 Å². The van der Waals surface area contributed by atoms with E-state index in [1.165, 1.54) is 32.5 Å². The molecular formula is C23H25NO8S. The number of carbonyl (C=O) groups is 3. The zero-order chi connectivity index (χ0) is 24.0. The van der Waals surface area contributed by atoms with Crippen LogP contribution in [0.25, 0.3) is 11.1 Å². The number of methoxy groups -OCH3 is 1. The van der Waals surface area contributed by atoms with Crippen LogP contribution in [-0.2, 0) is 28.6 Å². The lowest BCUT2D eigenvalue weighted by molar-refractivity contribution is -0.186. The van der Waals surface area contributed by atoms with Gasteiger partial charge in [0.25, 0.3) is 0 Å². The van der Waals surface area contributed by atoms with Crippen LogP contribution in [0.3, 0.4) is 0 Å². The van der Waals surface area contributed by atoms with Gasteiger partial charge in [-0.05, 0) is 29.8 Å². The van der Waals surface area contributed by atoms with Gasteiger partial charge >= 0.3 is 17.9 Å². The SMILES string of the molecule is COc1ncccc1-c1cccc(O[C@@H]2SC[C@@H](OC(C)=O)[C@H](OC(C)=O)[C@H]2OC(C)=O)c1. The van der Waals surface area contributed by atoms with Crippen LogP contribution in [0, 0.1) is 0 Å². The molecule has 1 aliphatic heterocycles. The van der Waals surface area contributed by atoms with Crippen molar-refractivity contribution < 1.29 is 38.1 Å². The van der Waals surface area contributed by atoms with E-state index in [-0.39, 0.29) is 5.75 Å². The monoisotopic (exact) mass is 475 g/mol. The highest BCUT2D eigenvalue weighted by atomic mass is 32.2. The van der Waals surface area contributed by atoms with E-state index in [1.807, 2.05) is 24.3 Å². The van der Waals surface area contributed by atoms with Crippen molar-refractivity contribution in [1.29, 1.82) is 0 Å². The Labute approximate surface area is 195 Å². The Kier molecular flexibility index (Phi) is 8.16. The van der Waals surface area contributed by atoms with Crippen LogP contribution < -0.4 is 9.47 Å². The topological polar surface area (TPSA) is 110 Å². The number of carbonyl (C=O) groups excluding carboxylic acids is 3. The normalized spacial score (nSPS) is 22.1. The second kappa shape index (κ2) is 11.0. The number of ether oxygens (including phenoxy) is 5. The summed E-state index contributed by atoms with van der Waals surface area (Å²) in [6.45, 7) is 3.74. The van der Waals surface area contributed by atoms with Crippen LogP contribution in [0.2, 0.25) is 0 Å². The third-order valence-corrected chi connectivity index (χ3v) is 5.88. The maximum atomic E-state index is 11.8. The molecule has 1 saturated heterocycles. The smallest absolute Gasteiger partial charge is 0.303 e. The molecule has 0 N–H and O–H groups in total. The lowest BCUT2D eigenvalue weighted by Gasteiger charge is -2.39. The summed E-state index contributed by atoms with van der Waals surface area (Å²) in [4.78, 5) is 39.3. The molecule has 2 heterocycles. The predicted molar refractivity (Wildman–Crippen MR) is 120 cm³/mol. The van der Waals surface area contributed by atoms with E-state index in [4.69, 9.17) is 23.7 Å². The Morgan fingerprint density at radius 1 is 0.939 bits per heavy atom. The number of esters is 3. The van der Waals surface area contributed by atoms with Crippen molar-refractivity contribution in [1.82, 2.24) is 4.98 Å². The summed E-state index contributed by atoms with van der Waals surface area (Å²) >= 11 is 1.29. The molecule has 0 saturated carbocycles. The Morgan fingerprint density at radius 2 is 1.64 bits per heavy atom.